The van der Waals surface area contributed by atoms with Gasteiger partial charge in [0.15, 0.2) is 34.6 Å². The zero-order valence-electron chi connectivity index (χ0n) is 16.4. The summed E-state index contributed by atoms with van der Waals surface area (Å²) < 4.78 is 18.3. The number of pyridine rings is 1. The number of aliphatic hydroxyl groups excluding tert-OH is 1. The highest BCUT2D eigenvalue weighted by atomic mass is 32.1. The van der Waals surface area contributed by atoms with Crippen molar-refractivity contribution in [3.05, 3.63) is 78.6 Å². The number of fused-ring (bicyclic) bond motifs is 1. The van der Waals surface area contributed by atoms with Gasteiger partial charge in [-0.1, -0.05) is 24.4 Å². The summed E-state index contributed by atoms with van der Waals surface area (Å²) in [7, 11) is 1.61. The minimum atomic E-state index is 0.0172. The van der Waals surface area contributed by atoms with Gasteiger partial charge in [0.25, 0.3) is 5.70 Å². The zero-order chi connectivity index (χ0) is 20.9. The summed E-state index contributed by atoms with van der Waals surface area (Å²) in [5.41, 5.74) is 1.76. The van der Waals surface area contributed by atoms with Crippen molar-refractivity contribution in [3.63, 3.8) is 0 Å². The van der Waals surface area contributed by atoms with Crippen molar-refractivity contribution >= 4 is 34.3 Å². The molecule has 152 valence electrons. The minimum Gasteiger partial charge on any atom is -0.502 e. The number of nitrogens with zero attached hydrogens (tertiary/aromatic N) is 1. The fraction of sp³-hybridized carbons (Fsp3) is 0.130. The number of aliphatic hydroxyl groups is 1. The van der Waals surface area contributed by atoms with E-state index in [4.69, 9.17) is 26.4 Å². The maximum absolute atomic E-state index is 11.2. The number of ether oxygens (including phenoxy) is 3. The van der Waals surface area contributed by atoms with Gasteiger partial charge in [0.1, 0.15) is 19.0 Å². The SMILES string of the molecule is COc1cccc(NC(=S)/C(=C(\O)c2ccc3c(c2)OCCO3)[n+]2ccccc2)c1. The lowest BCUT2D eigenvalue weighted by atomic mass is 10.1. The Bertz CT molecular complexity index is 1100. The Morgan fingerprint density at radius 2 is 1.77 bits per heavy atom. The molecule has 30 heavy (non-hydrogen) atoms. The average molecular weight is 421 g/mol. The predicted molar refractivity (Wildman–Crippen MR) is 119 cm³/mol. The summed E-state index contributed by atoms with van der Waals surface area (Å²) in [6.45, 7) is 0.977. The number of rotatable bonds is 5. The highest BCUT2D eigenvalue weighted by Crippen LogP contribution is 2.33. The third kappa shape index (κ3) is 4.21. The number of thiocarbonyl (C=S) groups is 1. The monoisotopic (exact) mass is 421 g/mol. The number of benzene rings is 2. The van der Waals surface area contributed by atoms with E-state index >= 15 is 0 Å². The van der Waals surface area contributed by atoms with Crippen molar-refractivity contribution in [3.8, 4) is 17.2 Å². The first-order valence-corrected chi connectivity index (χ1v) is 9.82. The molecule has 7 heteroatoms. The first-order chi connectivity index (χ1) is 14.7. The lowest BCUT2D eigenvalue weighted by molar-refractivity contribution is -0.575. The summed E-state index contributed by atoms with van der Waals surface area (Å²) in [5, 5.41) is 14.4. The summed E-state index contributed by atoms with van der Waals surface area (Å²) in [5.74, 6) is 1.97. The zero-order valence-corrected chi connectivity index (χ0v) is 17.2. The second-order valence-corrected chi connectivity index (χ2v) is 6.93. The Morgan fingerprint density at radius 1 is 1.00 bits per heavy atom. The van der Waals surface area contributed by atoms with E-state index in [2.05, 4.69) is 5.32 Å². The van der Waals surface area contributed by atoms with Crippen LogP contribution in [0.15, 0.2) is 73.1 Å². The second kappa shape index (κ2) is 8.84. The summed E-state index contributed by atoms with van der Waals surface area (Å²) in [6.07, 6.45) is 3.65. The van der Waals surface area contributed by atoms with Gasteiger partial charge in [-0.25, -0.2) is 0 Å². The quantitative estimate of drug-likeness (QED) is 0.280. The van der Waals surface area contributed by atoms with E-state index in [1.165, 1.54) is 0 Å². The molecular formula is C23H21N2O4S+. The molecule has 2 aromatic carbocycles. The number of methoxy groups -OCH3 is 1. The van der Waals surface area contributed by atoms with Gasteiger partial charge in [-0.2, -0.15) is 4.57 Å². The molecule has 0 unspecified atom stereocenters. The van der Waals surface area contributed by atoms with Crippen molar-refractivity contribution in [1.29, 1.82) is 0 Å². The van der Waals surface area contributed by atoms with E-state index < -0.39 is 0 Å². The van der Waals surface area contributed by atoms with Gasteiger partial charge in [-0.15, -0.1) is 0 Å². The van der Waals surface area contributed by atoms with Crippen LogP contribution in [0.2, 0.25) is 0 Å². The molecular weight excluding hydrogens is 400 g/mol. The lowest BCUT2D eigenvalue weighted by Crippen LogP contribution is -2.38. The Hall–Kier alpha value is -3.58. The van der Waals surface area contributed by atoms with Gasteiger partial charge in [0.2, 0.25) is 0 Å². The summed E-state index contributed by atoms with van der Waals surface area (Å²) in [4.78, 5) is 0.354. The van der Waals surface area contributed by atoms with E-state index in [-0.39, 0.29) is 5.76 Å². The summed E-state index contributed by atoms with van der Waals surface area (Å²) >= 11 is 5.67. The van der Waals surface area contributed by atoms with E-state index in [9.17, 15) is 5.11 Å². The molecule has 2 N–H and O–H groups in total. The fourth-order valence-electron chi connectivity index (χ4n) is 3.11. The Balaban J connectivity index is 1.75. The molecule has 6 nitrogen and oxygen atoms in total. The molecule has 2 heterocycles. The van der Waals surface area contributed by atoms with Gasteiger partial charge < -0.3 is 24.6 Å². The van der Waals surface area contributed by atoms with E-state index in [1.54, 1.807) is 29.9 Å². The van der Waals surface area contributed by atoms with Crippen LogP contribution in [0, 0.1) is 0 Å². The summed E-state index contributed by atoms with van der Waals surface area (Å²) in [6, 6.07) is 18.4. The molecule has 0 spiro atoms. The third-order valence-corrected chi connectivity index (χ3v) is 4.85. The number of hydrogen-bond donors (Lipinski definition) is 2. The number of hydrogen-bond acceptors (Lipinski definition) is 5. The van der Waals surface area contributed by atoms with Crippen LogP contribution in [0.25, 0.3) is 11.5 Å². The van der Waals surface area contributed by atoms with Crippen molar-refractivity contribution in [2.45, 2.75) is 0 Å². The molecule has 1 aliphatic heterocycles. The van der Waals surface area contributed by atoms with Crippen LogP contribution in [-0.4, -0.2) is 30.4 Å². The van der Waals surface area contributed by atoms with Crippen LogP contribution in [0.5, 0.6) is 17.2 Å². The Labute approximate surface area is 180 Å². The third-order valence-electron chi connectivity index (χ3n) is 4.56. The van der Waals surface area contributed by atoms with Gasteiger partial charge >= 0.3 is 0 Å². The normalized spacial score (nSPS) is 13.2. The van der Waals surface area contributed by atoms with E-state index in [0.29, 0.717) is 46.7 Å². The number of nitrogens with one attached hydrogen (secondary N) is 1. The van der Waals surface area contributed by atoms with Crippen LogP contribution < -0.4 is 24.1 Å². The smallest absolute Gasteiger partial charge is 0.288 e. The highest BCUT2D eigenvalue weighted by molar-refractivity contribution is 7.81. The molecule has 1 aliphatic rings. The van der Waals surface area contributed by atoms with Crippen LogP contribution in [0.4, 0.5) is 5.69 Å². The molecule has 0 fully saturated rings. The molecule has 0 aliphatic carbocycles. The van der Waals surface area contributed by atoms with Crippen molar-refractivity contribution in [2.75, 3.05) is 25.6 Å². The molecule has 1 aromatic heterocycles. The van der Waals surface area contributed by atoms with Crippen LogP contribution in [0.3, 0.4) is 0 Å². The molecule has 0 atom stereocenters. The predicted octanol–water partition coefficient (Wildman–Crippen LogP) is 4.08. The highest BCUT2D eigenvalue weighted by Gasteiger charge is 2.25. The Morgan fingerprint density at radius 3 is 2.53 bits per heavy atom. The van der Waals surface area contributed by atoms with Gasteiger partial charge in [-0.05, 0) is 30.3 Å². The number of aromatic nitrogens is 1. The fourth-order valence-corrected chi connectivity index (χ4v) is 3.43. The maximum atomic E-state index is 11.2. The van der Waals surface area contributed by atoms with Gasteiger partial charge in [-0.3, -0.25) is 0 Å². The van der Waals surface area contributed by atoms with Crippen LogP contribution >= 0.6 is 12.2 Å². The first kappa shape index (κ1) is 19.7. The molecule has 0 bridgehead atoms. The number of anilines is 1. The molecule has 0 saturated carbocycles. The van der Waals surface area contributed by atoms with Gasteiger partial charge in [0.05, 0.1) is 7.11 Å². The first-order valence-electron chi connectivity index (χ1n) is 9.41. The van der Waals surface area contributed by atoms with Crippen molar-refractivity contribution < 1.29 is 23.9 Å². The van der Waals surface area contributed by atoms with E-state index in [0.717, 1.165) is 5.69 Å². The molecule has 3 aromatic rings. The minimum absolute atomic E-state index is 0.0172. The van der Waals surface area contributed by atoms with Crippen molar-refractivity contribution in [2.24, 2.45) is 0 Å². The second-order valence-electron chi connectivity index (χ2n) is 6.52. The largest absolute Gasteiger partial charge is 0.502 e. The molecule has 0 saturated heterocycles. The topological polar surface area (TPSA) is 63.8 Å². The molecule has 0 radical (unpaired) electrons. The van der Waals surface area contributed by atoms with Crippen LogP contribution in [-0.2, 0) is 0 Å². The maximum Gasteiger partial charge on any atom is 0.288 e. The van der Waals surface area contributed by atoms with Gasteiger partial charge in [0, 0.05) is 29.4 Å². The Kier molecular flexibility index (Phi) is 5.81. The van der Waals surface area contributed by atoms with E-state index in [1.807, 2.05) is 54.9 Å². The van der Waals surface area contributed by atoms with Crippen LogP contribution in [0.1, 0.15) is 5.56 Å². The average Bonchev–Trinajstić information content (AvgIpc) is 2.79. The standard InChI is InChI=1S/C23H20N2O4S/c1-27-18-7-5-6-17(15-18)24-23(30)21(25-10-3-2-4-11-25)22(26)16-8-9-19-20(14-16)29-13-12-28-19/h2-11,14-15H,12-13H2,1H3,(H-,24,26,30)/p+1. The molecule has 0 amide bonds. The van der Waals surface area contributed by atoms with Crippen molar-refractivity contribution in [1.82, 2.24) is 0 Å². The lowest BCUT2D eigenvalue weighted by Gasteiger charge is -2.19. The molecule has 4 rings (SSSR count).